The van der Waals surface area contributed by atoms with E-state index >= 15 is 0 Å². The largest absolute Gasteiger partial charge is 0.467 e. The molecule has 0 saturated heterocycles. The number of hydrogen-bond donors (Lipinski definition) is 0. The van der Waals surface area contributed by atoms with Gasteiger partial charge in [-0.1, -0.05) is 36.4 Å². The minimum absolute atomic E-state index is 0.0477. The second-order valence-electron chi connectivity index (χ2n) is 4.06. The third kappa shape index (κ3) is 3.17. The molecule has 0 unspecified atom stereocenters. The van der Waals surface area contributed by atoms with Crippen LogP contribution in [-0.4, -0.2) is 25.3 Å². The summed E-state index contributed by atoms with van der Waals surface area (Å²) < 4.78 is 10.4. The second-order valence-corrected chi connectivity index (χ2v) is 4.06. The first-order valence-electron chi connectivity index (χ1n) is 5.73. The topological polar surface area (TPSA) is 35.5 Å². The van der Waals surface area contributed by atoms with Crippen molar-refractivity contribution in [3.05, 3.63) is 48.0 Å². The van der Waals surface area contributed by atoms with Gasteiger partial charge in [0.1, 0.15) is 0 Å². The molecule has 1 aliphatic heterocycles. The number of methoxy groups -OCH3 is 1. The van der Waals surface area contributed by atoms with Gasteiger partial charge in [0.2, 0.25) is 0 Å². The van der Waals surface area contributed by atoms with E-state index in [2.05, 4.69) is 16.9 Å². The monoisotopic (exact) mass is 232 g/mol. The second kappa shape index (κ2) is 5.64. The molecule has 1 aromatic rings. The van der Waals surface area contributed by atoms with Gasteiger partial charge in [0.15, 0.2) is 6.10 Å². The summed E-state index contributed by atoms with van der Waals surface area (Å²) in [5, 5.41) is 0. The fourth-order valence-corrected chi connectivity index (χ4v) is 1.92. The number of carbonyl (C=O) groups is 1. The minimum atomic E-state index is -0.553. The highest BCUT2D eigenvalue weighted by molar-refractivity contribution is 5.76. The van der Waals surface area contributed by atoms with Crippen molar-refractivity contribution < 1.29 is 14.3 Å². The first-order valence-corrected chi connectivity index (χ1v) is 5.73. The van der Waals surface area contributed by atoms with E-state index in [0.29, 0.717) is 0 Å². The third-order valence-corrected chi connectivity index (χ3v) is 2.79. The van der Waals surface area contributed by atoms with Gasteiger partial charge in [-0.15, -0.1) is 0 Å². The fraction of sp³-hybridized carbons (Fsp3) is 0.357. The summed E-state index contributed by atoms with van der Waals surface area (Å²) in [5.41, 5.74) is 1.22. The van der Waals surface area contributed by atoms with Gasteiger partial charge >= 0.3 is 5.97 Å². The van der Waals surface area contributed by atoms with E-state index in [1.54, 1.807) is 6.08 Å². The zero-order chi connectivity index (χ0) is 12.1. The van der Waals surface area contributed by atoms with Crippen LogP contribution < -0.4 is 0 Å². The van der Waals surface area contributed by atoms with Gasteiger partial charge in [-0.05, 0) is 24.5 Å². The van der Waals surface area contributed by atoms with Crippen LogP contribution >= 0.6 is 0 Å². The number of ether oxygens (including phenoxy) is 2. The van der Waals surface area contributed by atoms with Crippen LogP contribution in [0.25, 0.3) is 0 Å². The highest BCUT2D eigenvalue weighted by Gasteiger charge is 2.24. The summed E-state index contributed by atoms with van der Waals surface area (Å²) in [5.74, 6) is -0.334. The maximum absolute atomic E-state index is 11.4. The van der Waals surface area contributed by atoms with Crippen molar-refractivity contribution in [2.75, 3.05) is 7.11 Å². The molecule has 0 radical (unpaired) electrons. The molecule has 0 bridgehead atoms. The van der Waals surface area contributed by atoms with Gasteiger partial charge in [0.05, 0.1) is 13.2 Å². The van der Waals surface area contributed by atoms with Crippen LogP contribution in [0.5, 0.6) is 0 Å². The van der Waals surface area contributed by atoms with E-state index < -0.39 is 6.10 Å². The van der Waals surface area contributed by atoms with Crippen LogP contribution in [0.4, 0.5) is 0 Å². The predicted molar refractivity (Wildman–Crippen MR) is 64.6 cm³/mol. The molecular formula is C14H16O3. The zero-order valence-corrected chi connectivity index (χ0v) is 9.84. The van der Waals surface area contributed by atoms with Gasteiger partial charge in [0.25, 0.3) is 0 Å². The van der Waals surface area contributed by atoms with E-state index in [1.165, 1.54) is 12.7 Å². The fourth-order valence-electron chi connectivity index (χ4n) is 1.92. The van der Waals surface area contributed by atoms with Gasteiger partial charge in [0, 0.05) is 0 Å². The number of rotatable bonds is 3. The molecule has 0 saturated carbocycles. The Hall–Kier alpha value is -1.61. The summed E-state index contributed by atoms with van der Waals surface area (Å²) in [7, 11) is 1.38. The molecule has 2 rings (SSSR count). The Morgan fingerprint density at radius 2 is 2.18 bits per heavy atom. The molecule has 0 amide bonds. The number of benzene rings is 1. The minimum Gasteiger partial charge on any atom is -0.467 e. The zero-order valence-electron chi connectivity index (χ0n) is 9.84. The molecular weight excluding hydrogens is 216 g/mol. The van der Waals surface area contributed by atoms with Gasteiger partial charge in [-0.2, -0.15) is 0 Å². The van der Waals surface area contributed by atoms with Gasteiger partial charge in [-0.3, -0.25) is 0 Å². The molecule has 90 valence electrons. The first-order chi connectivity index (χ1) is 8.29. The van der Waals surface area contributed by atoms with E-state index in [-0.39, 0.29) is 12.1 Å². The smallest absolute Gasteiger partial charge is 0.339 e. The Kier molecular flexibility index (Phi) is 3.94. The highest BCUT2D eigenvalue weighted by atomic mass is 16.6. The number of carbonyl (C=O) groups excluding carboxylic acids is 1. The molecule has 1 aliphatic rings. The lowest BCUT2D eigenvalue weighted by Crippen LogP contribution is -2.32. The Bertz CT molecular complexity index is 397. The van der Waals surface area contributed by atoms with Crippen LogP contribution in [0.15, 0.2) is 42.5 Å². The molecule has 3 nitrogen and oxygen atoms in total. The summed E-state index contributed by atoms with van der Waals surface area (Å²) in [4.78, 5) is 11.4. The molecule has 0 aromatic heterocycles. The van der Waals surface area contributed by atoms with Gasteiger partial charge < -0.3 is 9.47 Å². The Morgan fingerprint density at radius 3 is 2.88 bits per heavy atom. The Balaban J connectivity index is 1.96. The quantitative estimate of drug-likeness (QED) is 0.591. The SMILES string of the molecule is COC(=O)[C@H]1C=CC[C@@H](Cc2ccccc2)O1. The van der Waals surface area contributed by atoms with Crippen molar-refractivity contribution in [3.63, 3.8) is 0 Å². The lowest BCUT2D eigenvalue weighted by Gasteiger charge is -2.24. The molecule has 0 fully saturated rings. The summed E-state index contributed by atoms with van der Waals surface area (Å²) in [6, 6.07) is 10.1. The van der Waals surface area contributed by atoms with Crippen LogP contribution in [-0.2, 0) is 20.7 Å². The molecule has 2 atom stereocenters. The molecule has 0 N–H and O–H groups in total. The molecule has 0 aliphatic carbocycles. The molecule has 0 spiro atoms. The molecule has 17 heavy (non-hydrogen) atoms. The maximum atomic E-state index is 11.4. The average Bonchev–Trinajstić information content (AvgIpc) is 2.39. The average molecular weight is 232 g/mol. The summed E-state index contributed by atoms with van der Waals surface area (Å²) in [6.45, 7) is 0. The van der Waals surface area contributed by atoms with Crippen molar-refractivity contribution in [2.45, 2.75) is 25.0 Å². The molecule has 1 aromatic carbocycles. The predicted octanol–water partition coefficient (Wildman–Crippen LogP) is 2.12. The van der Waals surface area contributed by atoms with E-state index in [9.17, 15) is 4.79 Å². The lowest BCUT2D eigenvalue weighted by molar-refractivity contribution is -0.154. The standard InChI is InChI=1S/C14H16O3/c1-16-14(15)13-9-5-8-12(17-13)10-11-6-3-2-4-7-11/h2-7,9,12-13H,8,10H2,1H3/t12-,13+/m0/s1. The van der Waals surface area contributed by atoms with Crippen LogP contribution in [0, 0.1) is 0 Å². The van der Waals surface area contributed by atoms with E-state index in [1.807, 2.05) is 24.3 Å². The molecule has 1 heterocycles. The van der Waals surface area contributed by atoms with E-state index in [4.69, 9.17) is 4.74 Å². The van der Waals surface area contributed by atoms with Crippen LogP contribution in [0.2, 0.25) is 0 Å². The third-order valence-electron chi connectivity index (χ3n) is 2.79. The Labute approximate surface area is 101 Å². The van der Waals surface area contributed by atoms with Crippen LogP contribution in [0.1, 0.15) is 12.0 Å². The normalized spacial score (nSPS) is 23.4. The van der Waals surface area contributed by atoms with E-state index in [0.717, 1.165) is 12.8 Å². The van der Waals surface area contributed by atoms with Crippen molar-refractivity contribution in [1.82, 2.24) is 0 Å². The lowest BCUT2D eigenvalue weighted by atomic mass is 10.0. The maximum Gasteiger partial charge on any atom is 0.339 e. The van der Waals surface area contributed by atoms with Crippen molar-refractivity contribution in [2.24, 2.45) is 0 Å². The van der Waals surface area contributed by atoms with Crippen molar-refractivity contribution >= 4 is 5.97 Å². The number of esters is 1. The summed E-state index contributed by atoms with van der Waals surface area (Å²) in [6.07, 6.45) is 4.89. The van der Waals surface area contributed by atoms with Gasteiger partial charge in [-0.25, -0.2) is 4.79 Å². The first kappa shape index (κ1) is 11.9. The van der Waals surface area contributed by atoms with Crippen molar-refractivity contribution in [1.29, 1.82) is 0 Å². The highest BCUT2D eigenvalue weighted by Crippen LogP contribution is 2.17. The Morgan fingerprint density at radius 1 is 1.41 bits per heavy atom. The summed E-state index contributed by atoms with van der Waals surface area (Å²) >= 11 is 0. The number of hydrogen-bond acceptors (Lipinski definition) is 3. The molecule has 3 heteroatoms. The van der Waals surface area contributed by atoms with Crippen LogP contribution in [0.3, 0.4) is 0 Å². The van der Waals surface area contributed by atoms with Crippen molar-refractivity contribution in [3.8, 4) is 0 Å².